The van der Waals surface area contributed by atoms with E-state index in [1.54, 1.807) is 6.20 Å². The normalized spacial score (nSPS) is 11.4. The maximum absolute atomic E-state index is 10.8. The molecule has 0 unspecified atom stereocenters. The van der Waals surface area contributed by atoms with E-state index in [-0.39, 0.29) is 6.54 Å². The van der Waals surface area contributed by atoms with Crippen LogP contribution in [0.5, 0.6) is 0 Å². The van der Waals surface area contributed by atoms with Crippen LogP contribution in [0.1, 0.15) is 5.69 Å². The van der Waals surface area contributed by atoms with Crippen LogP contribution in [0.15, 0.2) is 12.3 Å². The highest BCUT2D eigenvalue weighted by atomic mass is 16.4. The quantitative estimate of drug-likeness (QED) is 0.702. The van der Waals surface area contributed by atoms with Crippen LogP contribution in [0.2, 0.25) is 0 Å². The molecule has 1 aromatic heterocycles. The van der Waals surface area contributed by atoms with Gasteiger partial charge in [-0.05, 0) is 20.2 Å². The van der Waals surface area contributed by atoms with E-state index in [4.69, 9.17) is 5.11 Å². The molecule has 102 valence electrons. The van der Waals surface area contributed by atoms with E-state index in [1.807, 2.05) is 36.8 Å². The van der Waals surface area contributed by atoms with Gasteiger partial charge in [-0.25, -0.2) is 0 Å². The van der Waals surface area contributed by atoms with E-state index < -0.39 is 5.97 Å². The second kappa shape index (κ2) is 7.13. The Morgan fingerprint density at radius 2 is 2.11 bits per heavy atom. The van der Waals surface area contributed by atoms with Crippen molar-refractivity contribution in [2.45, 2.75) is 6.42 Å². The third kappa shape index (κ3) is 5.29. The van der Waals surface area contributed by atoms with E-state index >= 15 is 0 Å². The first kappa shape index (κ1) is 14.7. The minimum absolute atomic E-state index is 0.0890. The van der Waals surface area contributed by atoms with Gasteiger partial charge in [0, 0.05) is 45.0 Å². The molecule has 6 heteroatoms. The summed E-state index contributed by atoms with van der Waals surface area (Å²) in [6.45, 7) is 2.45. The van der Waals surface area contributed by atoms with Gasteiger partial charge in [-0.2, -0.15) is 5.10 Å². The Balaban J connectivity index is 2.45. The first-order valence-corrected chi connectivity index (χ1v) is 6.05. The largest absolute Gasteiger partial charge is 0.480 e. The summed E-state index contributed by atoms with van der Waals surface area (Å²) in [6, 6.07) is 1.96. The number of carbonyl (C=O) groups is 1. The number of nitrogens with zero attached hydrogens (tertiary/aromatic N) is 4. The van der Waals surface area contributed by atoms with Crippen LogP contribution in [0.25, 0.3) is 0 Å². The Bertz CT molecular complexity index is 376. The molecule has 6 nitrogen and oxygen atoms in total. The molecule has 0 saturated carbocycles. The van der Waals surface area contributed by atoms with Gasteiger partial charge < -0.3 is 10.0 Å². The predicted molar refractivity (Wildman–Crippen MR) is 69.5 cm³/mol. The highest BCUT2D eigenvalue weighted by Crippen LogP contribution is 2.00. The highest BCUT2D eigenvalue weighted by molar-refractivity contribution is 5.69. The lowest BCUT2D eigenvalue weighted by Crippen LogP contribution is -2.37. The molecule has 0 radical (unpaired) electrons. The summed E-state index contributed by atoms with van der Waals surface area (Å²) in [6.07, 6.45) is 2.58. The molecular formula is C12H22N4O2. The number of carboxylic acid groups (broad SMARTS) is 1. The van der Waals surface area contributed by atoms with Gasteiger partial charge in [-0.1, -0.05) is 0 Å². The monoisotopic (exact) mass is 254 g/mol. The van der Waals surface area contributed by atoms with Crippen LogP contribution in [0.3, 0.4) is 0 Å². The summed E-state index contributed by atoms with van der Waals surface area (Å²) in [5, 5.41) is 13.0. The Morgan fingerprint density at radius 3 is 2.61 bits per heavy atom. The Morgan fingerprint density at radius 1 is 1.39 bits per heavy atom. The summed E-state index contributed by atoms with van der Waals surface area (Å²) in [5.41, 5.74) is 1.12. The van der Waals surface area contributed by atoms with Gasteiger partial charge >= 0.3 is 5.97 Å². The molecule has 0 amide bonds. The fraction of sp³-hybridized carbons (Fsp3) is 0.667. The average Bonchev–Trinajstić information content (AvgIpc) is 2.67. The number of rotatable bonds is 8. The van der Waals surface area contributed by atoms with Crippen molar-refractivity contribution < 1.29 is 9.90 Å². The average molecular weight is 254 g/mol. The fourth-order valence-corrected chi connectivity index (χ4v) is 1.72. The summed E-state index contributed by atoms with van der Waals surface area (Å²) < 4.78 is 1.82. The molecule has 1 N–H and O–H groups in total. The molecule has 0 aliphatic rings. The number of likely N-dealkylation sites (N-methyl/N-ethyl adjacent to an activating group) is 1. The second-order valence-electron chi connectivity index (χ2n) is 4.67. The highest BCUT2D eigenvalue weighted by Gasteiger charge is 2.10. The molecule has 0 spiro atoms. The maximum Gasteiger partial charge on any atom is 0.317 e. The van der Waals surface area contributed by atoms with Crippen LogP contribution >= 0.6 is 0 Å². The van der Waals surface area contributed by atoms with Crippen LogP contribution in [-0.4, -0.2) is 70.9 Å². The molecule has 0 atom stereocenters. The number of aliphatic carboxylic acids is 1. The van der Waals surface area contributed by atoms with Gasteiger partial charge in [-0.15, -0.1) is 0 Å². The lowest BCUT2D eigenvalue weighted by molar-refractivity contribution is -0.138. The molecule has 0 saturated heterocycles. The van der Waals surface area contributed by atoms with Crippen molar-refractivity contribution >= 4 is 5.97 Å². The Hall–Kier alpha value is -1.40. The van der Waals surface area contributed by atoms with Crippen molar-refractivity contribution in [1.82, 2.24) is 19.6 Å². The predicted octanol–water partition coefficient (Wildman–Crippen LogP) is -0.0892. The molecule has 0 aliphatic carbocycles. The fourth-order valence-electron chi connectivity index (χ4n) is 1.72. The van der Waals surface area contributed by atoms with Crippen LogP contribution in [-0.2, 0) is 18.3 Å². The topological polar surface area (TPSA) is 61.6 Å². The van der Waals surface area contributed by atoms with Crippen LogP contribution in [0, 0.1) is 0 Å². The van der Waals surface area contributed by atoms with E-state index in [0.717, 1.165) is 31.7 Å². The van der Waals surface area contributed by atoms with Crippen molar-refractivity contribution in [3.63, 3.8) is 0 Å². The van der Waals surface area contributed by atoms with E-state index in [9.17, 15) is 4.79 Å². The smallest absolute Gasteiger partial charge is 0.317 e. The van der Waals surface area contributed by atoms with E-state index in [1.165, 1.54) is 0 Å². The van der Waals surface area contributed by atoms with Gasteiger partial charge in [0.25, 0.3) is 0 Å². The van der Waals surface area contributed by atoms with Gasteiger partial charge in [0.2, 0.25) is 0 Å². The summed E-state index contributed by atoms with van der Waals surface area (Å²) in [5.74, 6) is -0.779. The van der Waals surface area contributed by atoms with Crippen LogP contribution in [0.4, 0.5) is 0 Å². The van der Waals surface area contributed by atoms with Crippen molar-refractivity contribution in [3.8, 4) is 0 Å². The zero-order valence-corrected chi connectivity index (χ0v) is 11.3. The number of carboxylic acids is 1. The summed E-state index contributed by atoms with van der Waals surface area (Å²) in [7, 11) is 5.87. The molecule has 1 rings (SSSR count). The first-order chi connectivity index (χ1) is 8.49. The zero-order chi connectivity index (χ0) is 13.5. The molecule has 0 aromatic carbocycles. The third-order valence-electron chi connectivity index (χ3n) is 2.83. The SMILES string of the molecule is CN(C)CCN(CCc1ccnn1C)CC(=O)O. The van der Waals surface area contributed by atoms with Crippen molar-refractivity contribution in [2.24, 2.45) is 7.05 Å². The second-order valence-corrected chi connectivity index (χ2v) is 4.67. The third-order valence-corrected chi connectivity index (χ3v) is 2.83. The molecule has 1 heterocycles. The minimum Gasteiger partial charge on any atom is -0.480 e. The Kier molecular flexibility index (Phi) is 5.80. The van der Waals surface area contributed by atoms with Crippen molar-refractivity contribution in [1.29, 1.82) is 0 Å². The van der Waals surface area contributed by atoms with Gasteiger partial charge in [0.15, 0.2) is 0 Å². The molecule has 0 bridgehead atoms. The Labute approximate surface area is 108 Å². The number of hydrogen-bond acceptors (Lipinski definition) is 4. The first-order valence-electron chi connectivity index (χ1n) is 6.05. The molecule has 0 aliphatic heterocycles. The maximum atomic E-state index is 10.8. The van der Waals surface area contributed by atoms with Gasteiger partial charge in [0.05, 0.1) is 6.54 Å². The molecule has 0 fully saturated rings. The number of hydrogen-bond donors (Lipinski definition) is 1. The zero-order valence-electron chi connectivity index (χ0n) is 11.3. The van der Waals surface area contributed by atoms with Gasteiger partial charge in [0.1, 0.15) is 0 Å². The summed E-state index contributed by atoms with van der Waals surface area (Å²) >= 11 is 0. The number of aryl methyl sites for hydroxylation is 1. The van der Waals surface area contributed by atoms with Crippen LogP contribution < -0.4 is 0 Å². The lowest BCUT2D eigenvalue weighted by atomic mass is 10.3. The molecular weight excluding hydrogens is 232 g/mol. The molecule has 18 heavy (non-hydrogen) atoms. The van der Waals surface area contributed by atoms with E-state index in [2.05, 4.69) is 10.00 Å². The van der Waals surface area contributed by atoms with Gasteiger partial charge in [-0.3, -0.25) is 14.4 Å². The lowest BCUT2D eigenvalue weighted by Gasteiger charge is -2.22. The van der Waals surface area contributed by atoms with Crippen molar-refractivity contribution in [3.05, 3.63) is 18.0 Å². The van der Waals surface area contributed by atoms with E-state index in [0.29, 0.717) is 0 Å². The molecule has 1 aromatic rings. The summed E-state index contributed by atoms with van der Waals surface area (Å²) in [4.78, 5) is 14.8. The minimum atomic E-state index is -0.779. The standard InChI is InChI=1S/C12H22N4O2/c1-14(2)8-9-16(10-12(17)18)7-5-11-4-6-13-15(11)3/h4,6H,5,7-10H2,1-3H3,(H,17,18). The van der Waals surface area contributed by atoms with Crippen molar-refractivity contribution in [2.75, 3.05) is 40.3 Å². The number of aromatic nitrogens is 2.